The number of benzene rings is 1. The van der Waals surface area contributed by atoms with Crippen LogP contribution in [0, 0.1) is 0 Å². The summed E-state index contributed by atoms with van der Waals surface area (Å²) < 4.78 is 16.7. The Morgan fingerprint density at radius 2 is 1.96 bits per heavy atom. The van der Waals surface area contributed by atoms with Crippen molar-refractivity contribution in [3.63, 3.8) is 0 Å². The first-order valence-corrected chi connectivity index (χ1v) is 8.98. The highest BCUT2D eigenvalue weighted by Gasteiger charge is 2.40. The van der Waals surface area contributed by atoms with Crippen LogP contribution in [-0.4, -0.2) is 55.1 Å². The molecule has 8 nitrogen and oxygen atoms in total. The Morgan fingerprint density at radius 3 is 2.70 bits per heavy atom. The van der Waals surface area contributed by atoms with E-state index in [-0.39, 0.29) is 5.91 Å². The summed E-state index contributed by atoms with van der Waals surface area (Å²) in [4.78, 5) is 23.1. The molecule has 0 saturated carbocycles. The van der Waals surface area contributed by atoms with Gasteiger partial charge >= 0.3 is 0 Å². The molecular weight excluding hydrogens is 348 g/mol. The highest BCUT2D eigenvalue weighted by atomic mass is 16.7. The van der Waals surface area contributed by atoms with Gasteiger partial charge in [0.25, 0.3) is 5.91 Å². The van der Waals surface area contributed by atoms with Crippen molar-refractivity contribution in [2.75, 3.05) is 43.6 Å². The fourth-order valence-electron chi connectivity index (χ4n) is 3.40. The lowest BCUT2D eigenvalue weighted by Crippen LogP contribution is -2.45. The van der Waals surface area contributed by atoms with Gasteiger partial charge in [0.1, 0.15) is 23.6 Å². The van der Waals surface area contributed by atoms with Crippen molar-refractivity contribution >= 4 is 17.4 Å². The molecule has 2 aromatic rings. The summed E-state index contributed by atoms with van der Waals surface area (Å²) in [7, 11) is 1.59. The number of hydrogen-bond donors (Lipinski definition) is 1. The second-order valence-electron chi connectivity index (χ2n) is 6.54. The van der Waals surface area contributed by atoms with E-state index in [1.165, 1.54) is 6.33 Å². The van der Waals surface area contributed by atoms with Crippen LogP contribution < -0.4 is 15.0 Å². The third kappa shape index (κ3) is 3.86. The van der Waals surface area contributed by atoms with Crippen molar-refractivity contribution in [1.82, 2.24) is 9.97 Å². The molecule has 0 unspecified atom stereocenters. The summed E-state index contributed by atoms with van der Waals surface area (Å²) in [5.74, 6) is 0.682. The van der Waals surface area contributed by atoms with Crippen LogP contribution in [0.1, 0.15) is 23.3 Å². The number of amides is 1. The number of methoxy groups -OCH3 is 1. The molecule has 8 heteroatoms. The molecule has 1 amide bonds. The van der Waals surface area contributed by atoms with Gasteiger partial charge in [-0.25, -0.2) is 9.97 Å². The number of anilines is 2. The maximum absolute atomic E-state index is 12.6. The van der Waals surface area contributed by atoms with Crippen molar-refractivity contribution < 1.29 is 19.0 Å². The van der Waals surface area contributed by atoms with Crippen LogP contribution in [0.3, 0.4) is 0 Å². The topological polar surface area (TPSA) is 85.8 Å². The Bertz CT molecular complexity index is 813. The monoisotopic (exact) mass is 370 g/mol. The molecule has 142 valence electrons. The summed E-state index contributed by atoms with van der Waals surface area (Å²) in [5, 5.41) is 2.83. The van der Waals surface area contributed by atoms with Gasteiger partial charge in [-0.15, -0.1) is 0 Å². The minimum atomic E-state index is -0.434. The quantitative estimate of drug-likeness (QED) is 0.882. The Morgan fingerprint density at radius 1 is 1.19 bits per heavy atom. The molecule has 2 fully saturated rings. The minimum Gasteiger partial charge on any atom is -0.497 e. The van der Waals surface area contributed by atoms with Crippen LogP contribution in [0.15, 0.2) is 36.7 Å². The molecule has 2 saturated heterocycles. The van der Waals surface area contributed by atoms with E-state index in [1.54, 1.807) is 25.3 Å². The molecule has 3 heterocycles. The van der Waals surface area contributed by atoms with Crippen LogP contribution in [0.5, 0.6) is 5.75 Å². The number of carbonyl (C=O) groups is 1. The molecule has 27 heavy (non-hydrogen) atoms. The van der Waals surface area contributed by atoms with Crippen molar-refractivity contribution in [3.05, 3.63) is 42.4 Å². The van der Waals surface area contributed by atoms with Crippen LogP contribution in [-0.2, 0) is 9.47 Å². The number of nitrogens with zero attached hydrogens (tertiary/aromatic N) is 3. The SMILES string of the molecule is COc1cccc(NC(=O)c2cc(N3CCC4(CC3)OCCO4)ncn2)c1. The number of nitrogens with one attached hydrogen (secondary N) is 1. The van der Waals surface area contributed by atoms with Crippen molar-refractivity contribution in [1.29, 1.82) is 0 Å². The first kappa shape index (κ1) is 17.7. The second-order valence-corrected chi connectivity index (χ2v) is 6.54. The molecule has 2 aliphatic rings. The predicted octanol–water partition coefficient (Wildman–Crippen LogP) is 2.08. The Labute approximate surface area is 157 Å². The summed E-state index contributed by atoms with van der Waals surface area (Å²) in [6, 6.07) is 8.90. The van der Waals surface area contributed by atoms with E-state index < -0.39 is 5.79 Å². The standard InChI is InChI=1S/C19H22N4O4/c1-25-15-4-2-3-14(11-15)22-18(24)16-12-17(21-13-20-16)23-7-5-19(6-8-23)26-9-10-27-19/h2-4,11-13H,5-10H2,1H3,(H,22,24). The maximum atomic E-state index is 12.6. The van der Waals surface area contributed by atoms with Gasteiger partial charge in [-0.1, -0.05) is 6.07 Å². The lowest BCUT2D eigenvalue weighted by atomic mass is 10.0. The number of aromatic nitrogens is 2. The summed E-state index contributed by atoms with van der Waals surface area (Å²) in [6.45, 7) is 2.83. The van der Waals surface area contributed by atoms with Gasteiger partial charge in [0.15, 0.2) is 5.79 Å². The molecule has 0 radical (unpaired) electrons. The van der Waals surface area contributed by atoms with Gasteiger partial charge in [-0.2, -0.15) is 0 Å². The molecular formula is C19H22N4O4. The van der Waals surface area contributed by atoms with E-state index >= 15 is 0 Å². The van der Waals surface area contributed by atoms with Gasteiger partial charge in [0, 0.05) is 43.8 Å². The molecule has 1 spiro atoms. The van der Waals surface area contributed by atoms with Gasteiger partial charge in [-0.3, -0.25) is 4.79 Å². The van der Waals surface area contributed by atoms with Gasteiger partial charge in [0.2, 0.25) is 0 Å². The van der Waals surface area contributed by atoms with Crippen molar-refractivity contribution in [2.45, 2.75) is 18.6 Å². The number of hydrogen-bond acceptors (Lipinski definition) is 7. The first-order valence-electron chi connectivity index (χ1n) is 8.98. The lowest BCUT2D eigenvalue weighted by molar-refractivity contribution is -0.169. The number of piperidine rings is 1. The van der Waals surface area contributed by atoms with Crippen molar-refractivity contribution in [3.8, 4) is 5.75 Å². The molecule has 1 N–H and O–H groups in total. The van der Waals surface area contributed by atoms with Crippen molar-refractivity contribution in [2.24, 2.45) is 0 Å². The summed E-state index contributed by atoms with van der Waals surface area (Å²) in [6.07, 6.45) is 2.98. The molecule has 0 aliphatic carbocycles. The zero-order valence-electron chi connectivity index (χ0n) is 15.2. The van der Waals surface area contributed by atoms with E-state index in [9.17, 15) is 4.79 Å². The average Bonchev–Trinajstić information content (AvgIpc) is 3.16. The summed E-state index contributed by atoms with van der Waals surface area (Å²) >= 11 is 0. The Kier molecular flexibility index (Phi) is 4.91. The van der Waals surface area contributed by atoms with E-state index in [1.807, 2.05) is 12.1 Å². The molecule has 1 aromatic carbocycles. The Hall–Kier alpha value is -2.71. The fraction of sp³-hybridized carbons (Fsp3) is 0.421. The van der Waals surface area contributed by atoms with Gasteiger partial charge < -0.3 is 24.4 Å². The highest BCUT2D eigenvalue weighted by molar-refractivity contribution is 6.03. The number of ether oxygens (including phenoxy) is 3. The second kappa shape index (κ2) is 7.50. The van der Waals surface area contributed by atoms with Gasteiger partial charge in [0.05, 0.1) is 20.3 Å². The van der Waals surface area contributed by atoms with E-state index in [4.69, 9.17) is 14.2 Å². The van der Waals surface area contributed by atoms with Crippen LogP contribution >= 0.6 is 0 Å². The zero-order chi connectivity index (χ0) is 18.7. The smallest absolute Gasteiger partial charge is 0.274 e. The maximum Gasteiger partial charge on any atom is 0.274 e. The lowest BCUT2D eigenvalue weighted by Gasteiger charge is -2.38. The third-order valence-electron chi connectivity index (χ3n) is 4.88. The Balaban J connectivity index is 1.43. The van der Waals surface area contributed by atoms with Crippen LogP contribution in [0.25, 0.3) is 0 Å². The van der Waals surface area contributed by atoms with E-state index in [2.05, 4.69) is 20.2 Å². The molecule has 2 aliphatic heterocycles. The predicted molar refractivity (Wildman–Crippen MR) is 99.1 cm³/mol. The largest absolute Gasteiger partial charge is 0.497 e. The molecule has 0 bridgehead atoms. The van der Waals surface area contributed by atoms with E-state index in [0.29, 0.717) is 30.3 Å². The molecule has 1 aromatic heterocycles. The minimum absolute atomic E-state index is 0.289. The first-order chi connectivity index (χ1) is 13.2. The average molecular weight is 370 g/mol. The fourth-order valence-corrected chi connectivity index (χ4v) is 3.40. The summed E-state index contributed by atoms with van der Waals surface area (Å²) in [5.41, 5.74) is 0.964. The molecule has 0 atom stereocenters. The van der Waals surface area contributed by atoms with Gasteiger partial charge in [-0.05, 0) is 12.1 Å². The highest BCUT2D eigenvalue weighted by Crippen LogP contribution is 2.32. The normalized spacial score (nSPS) is 18.5. The van der Waals surface area contributed by atoms with Crippen LogP contribution in [0.4, 0.5) is 11.5 Å². The van der Waals surface area contributed by atoms with E-state index in [0.717, 1.165) is 31.7 Å². The molecule has 4 rings (SSSR count). The number of rotatable bonds is 4. The number of carbonyl (C=O) groups excluding carboxylic acids is 1. The van der Waals surface area contributed by atoms with Crippen LogP contribution in [0.2, 0.25) is 0 Å². The third-order valence-corrected chi connectivity index (χ3v) is 4.88. The zero-order valence-corrected chi connectivity index (χ0v) is 15.2.